The van der Waals surface area contributed by atoms with E-state index in [4.69, 9.17) is 23.2 Å². The minimum Gasteiger partial charge on any atom is -0.350 e. The zero-order valence-electron chi connectivity index (χ0n) is 24.7. The van der Waals surface area contributed by atoms with Crippen LogP contribution in [0, 0.1) is 6.92 Å². The van der Waals surface area contributed by atoms with Crippen molar-refractivity contribution in [3.8, 4) is 0 Å². The molecule has 2 amide bonds. The van der Waals surface area contributed by atoms with Crippen LogP contribution in [0.5, 0.6) is 0 Å². The summed E-state index contributed by atoms with van der Waals surface area (Å²) in [6.07, 6.45) is 1.64. The average Bonchev–Trinajstić information content (AvgIpc) is 2.90. The molecule has 0 bridgehead atoms. The van der Waals surface area contributed by atoms with E-state index < -0.39 is 21.6 Å². The molecular formula is C32H39Cl2N3O4S. The van der Waals surface area contributed by atoms with Gasteiger partial charge in [0, 0.05) is 36.5 Å². The Kier molecular flexibility index (Phi) is 11.5. The van der Waals surface area contributed by atoms with Crippen LogP contribution in [-0.4, -0.2) is 49.5 Å². The van der Waals surface area contributed by atoms with Gasteiger partial charge >= 0.3 is 0 Å². The molecule has 0 aliphatic rings. The number of amides is 2. The Balaban J connectivity index is 1.92. The van der Waals surface area contributed by atoms with Gasteiger partial charge in [0.15, 0.2) is 0 Å². The van der Waals surface area contributed by atoms with Crippen molar-refractivity contribution in [3.63, 3.8) is 0 Å². The van der Waals surface area contributed by atoms with E-state index in [1.54, 1.807) is 11.0 Å². The number of nitrogens with one attached hydrogen (secondary N) is 1. The van der Waals surface area contributed by atoms with Crippen molar-refractivity contribution in [3.05, 3.63) is 99.5 Å². The van der Waals surface area contributed by atoms with Gasteiger partial charge in [-0.15, -0.1) is 0 Å². The molecule has 0 saturated heterocycles. The highest BCUT2D eigenvalue weighted by molar-refractivity contribution is 7.92. The summed E-state index contributed by atoms with van der Waals surface area (Å²) >= 11 is 12.4. The normalized spacial score (nSPS) is 12.5. The van der Waals surface area contributed by atoms with E-state index in [0.29, 0.717) is 11.4 Å². The number of anilines is 1. The summed E-state index contributed by atoms with van der Waals surface area (Å²) < 4.78 is 26.5. The van der Waals surface area contributed by atoms with E-state index in [1.165, 1.54) is 12.1 Å². The van der Waals surface area contributed by atoms with Crippen molar-refractivity contribution in [1.82, 2.24) is 10.2 Å². The van der Waals surface area contributed by atoms with Crippen molar-refractivity contribution >= 4 is 50.7 Å². The van der Waals surface area contributed by atoms with Crippen LogP contribution < -0.4 is 9.62 Å². The van der Waals surface area contributed by atoms with Gasteiger partial charge in [-0.3, -0.25) is 13.9 Å². The van der Waals surface area contributed by atoms with E-state index in [2.05, 4.69) is 5.32 Å². The number of halogens is 2. The van der Waals surface area contributed by atoms with Gasteiger partial charge < -0.3 is 10.2 Å². The minimum absolute atomic E-state index is 0.0144. The zero-order valence-corrected chi connectivity index (χ0v) is 27.1. The largest absolute Gasteiger partial charge is 0.350 e. The third kappa shape index (κ3) is 10.0. The summed E-state index contributed by atoms with van der Waals surface area (Å²) in [5.41, 5.74) is 2.65. The predicted octanol–water partition coefficient (Wildman–Crippen LogP) is 6.40. The lowest BCUT2D eigenvalue weighted by Gasteiger charge is -2.34. The smallest absolute Gasteiger partial charge is 0.243 e. The third-order valence-electron chi connectivity index (χ3n) is 6.57. The molecule has 0 aromatic heterocycles. The van der Waals surface area contributed by atoms with E-state index in [1.807, 2.05) is 82.3 Å². The molecule has 0 aliphatic carbocycles. The number of benzene rings is 3. The molecule has 0 spiro atoms. The Bertz CT molecular complexity index is 1470. The number of nitrogens with zero attached hydrogens (tertiary/aromatic N) is 2. The first-order chi connectivity index (χ1) is 19.6. The number of hydrogen-bond acceptors (Lipinski definition) is 4. The van der Waals surface area contributed by atoms with Crippen molar-refractivity contribution in [1.29, 1.82) is 0 Å². The summed E-state index contributed by atoms with van der Waals surface area (Å²) in [5, 5.41) is 3.63. The number of rotatable bonds is 12. The molecule has 7 nitrogen and oxygen atoms in total. The molecule has 0 aliphatic heterocycles. The molecule has 1 atom stereocenters. The van der Waals surface area contributed by atoms with Crippen molar-refractivity contribution in [2.45, 2.75) is 65.1 Å². The van der Waals surface area contributed by atoms with Gasteiger partial charge in [0.05, 0.1) is 17.0 Å². The first-order valence-electron chi connectivity index (χ1n) is 13.8. The Morgan fingerprint density at radius 3 is 2.17 bits per heavy atom. The summed E-state index contributed by atoms with van der Waals surface area (Å²) in [7, 11) is -3.72. The standard InChI is InChI=1S/C32H39Cl2N3O4S/c1-23-13-15-25(16-14-23)22-36(29(31(39)35-32(2,3)4)20-24-10-7-6-8-11-24)30(38)12-9-19-37(42(5,40)41)28-21-26(33)17-18-27(28)34/h6-8,10-11,13-18,21,29H,9,12,19-20,22H2,1-5H3,(H,35,39)/t29-/m0/s1. The fourth-order valence-electron chi connectivity index (χ4n) is 4.56. The van der Waals surface area contributed by atoms with Gasteiger partial charge in [0.2, 0.25) is 21.8 Å². The Hall–Kier alpha value is -3.07. The molecular weight excluding hydrogens is 593 g/mol. The lowest BCUT2D eigenvalue weighted by Crippen LogP contribution is -2.54. The quantitative estimate of drug-likeness (QED) is 0.250. The summed E-state index contributed by atoms with van der Waals surface area (Å²) in [5.74, 6) is -0.513. The lowest BCUT2D eigenvalue weighted by molar-refractivity contribution is -0.142. The highest BCUT2D eigenvalue weighted by Gasteiger charge is 2.32. The fraction of sp³-hybridized carbons (Fsp3) is 0.375. The molecule has 226 valence electrons. The van der Waals surface area contributed by atoms with Crippen LogP contribution in [0.4, 0.5) is 5.69 Å². The highest BCUT2D eigenvalue weighted by Crippen LogP contribution is 2.31. The predicted molar refractivity (Wildman–Crippen MR) is 171 cm³/mol. The lowest BCUT2D eigenvalue weighted by atomic mass is 10.00. The monoisotopic (exact) mass is 631 g/mol. The van der Waals surface area contributed by atoms with Gasteiger partial charge in [0.25, 0.3) is 0 Å². The van der Waals surface area contributed by atoms with Crippen LogP contribution in [0.1, 0.15) is 50.3 Å². The molecule has 42 heavy (non-hydrogen) atoms. The number of carbonyl (C=O) groups excluding carboxylic acids is 2. The first kappa shape index (κ1) is 33.4. The molecule has 3 rings (SSSR count). The van der Waals surface area contributed by atoms with E-state index in [9.17, 15) is 18.0 Å². The topological polar surface area (TPSA) is 86.8 Å². The van der Waals surface area contributed by atoms with Gasteiger partial charge in [-0.1, -0.05) is 83.4 Å². The van der Waals surface area contributed by atoms with Gasteiger partial charge in [-0.25, -0.2) is 8.42 Å². The Morgan fingerprint density at radius 1 is 0.929 bits per heavy atom. The number of carbonyl (C=O) groups is 2. The maximum Gasteiger partial charge on any atom is 0.243 e. The summed E-state index contributed by atoms with van der Waals surface area (Å²) in [4.78, 5) is 29.2. The van der Waals surface area contributed by atoms with Crippen LogP contribution in [0.2, 0.25) is 10.0 Å². The number of hydrogen-bond donors (Lipinski definition) is 1. The van der Waals surface area contributed by atoms with Gasteiger partial charge in [-0.05, 0) is 63.4 Å². The van der Waals surface area contributed by atoms with Crippen LogP contribution in [0.3, 0.4) is 0 Å². The van der Waals surface area contributed by atoms with Gasteiger partial charge in [-0.2, -0.15) is 0 Å². The maximum atomic E-state index is 13.9. The second kappa shape index (κ2) is 14.4. The summed E-state index contributed by atoms with van der Waals surface area (Å²) in [6, 6.07) is 21.2. The van der Waals surface area contributed by atoms with E-state index in [0.717, 1.165) is 27.3 Å². The minimum atomic E-state index is -3.72. The fourth-order valence-corrected chi connectivity index (χ4v) is 5.96. The molecule has 0 saturated carbocycles. The molecule has 0 heterocycles. The first-order valence-corrected chi connectivity index (χ1v) is 16.4. The average molecular weight is 633 g/mol. The highest BCUT2D eigenvalue weighted by atomic mass is 35.5. The van der Waals surface area contributed by atoms with Crippen molar-refractivity contribution < 1.29 is 18.0 Å². The van der Waals surface area contributed by atoms with Crippen LogP contribution in [0.25, 0.3) is 0 Å². The molecule has 10 heteroatoms. The molecule has 3 aromatic carbocycles. The van der Waals surface area contributed by atoms with Gasteiger partial charge in [0.1, 0.15) is 6.04 Å². The molecule has 1 N–H and O–H groups in total. The number of sulfonamides is 1. The maximum absolute atomic E-state index is 13.9. The van der Waals surface area contributed by atoms with Crippen molar-refractivity contribution in [2.24, 2.45) is 0 Å². The molecule has 0 radical (unpaired) electrons. The third-order valence-corrected chi connectivity index (χ3v) is 8.31. The number of aryl methyl sites for hydroxylation is 1. The van der Waals surface area contributed by atoms with Crippen LogP contribution in [0.15, 0.2) is 72.8 Å². The Morgan fingerprint density at radius 2 is 1.57 bits per heavy atom. The van der Waals surface area contributed by atoms with E-state index in [-0.39, 0.29) is 48.5 Å². The van der Waals surface area contributed by atoms with Crippen LogP contribution in [-0.2, 0) is 32.6 Å². The molecule has 0 fully saturated rings. The summed E-state index contributed by atoms with van der Waals surface area (Å²) in [6.45, 7) is 7.93. The second-order valence-electron chi connectivity index (χ2n) is 11.5. The van der Waals surface area contributed by atoms with Crippen molar-refractivity contribution in [2.75, 3.05) is 17.1 Å². The SMILES string of the molecule is Cc1ccc(CN(C(=O)CCCN(c2cc(Cl)ccc2Cl)S(C)(=O)=O)[C@@H](Cc2ccccc2)C(=O)NC(C)(C)C)cc1. The van der Waals surface area contributed by atoms with E-state index >= 15 is 0 Å². The zero-order chi connectivity index (χ0) is 31.1. The second-order valence-corrected chi connectivity index (χ2v) is 14.2. The Labute approximate surface area is 259 Å². The van der Waals surface area contributed by atoms with Crippen LogP contribution >= 0.6 is 23.2 Å². The molecule has 0 unspecified atom stereocenters. The molecule has 3 aromatic rings.